The van der Waals surface area contributed by atoms with Crippen molar-refractivity contribution in [1.82, 2.24) is 9.29 Å². The summed E-state index contributed by atoms with van der Waals surface area (Å²) < 4.78 is 21.1. The first-order chi connectivity index (χ1) is 17.5. The first kappa shape index (κ1) is 27.1. The molecule has 0 saturated carbocycles. The van der Waals surface area contributed by atoms with Crippen molar-refractivity contribution >= 4 is 22.4 Å². The van der Waals surface area contributed by atoms with Gasteiger partial charge in [0.25, 0.3) is 0 Å². The molecule has 1 aliphatic rings. The summed E-state index contributed by atoms with van der Waals surface area (Å²) in [4.78, 5) is 4.85. The summed E-state index contributed by atoms with van der Waals surface area (Å²) in [6.07, 6.45) is 1.66. The van der Waals surface area contributed by atoms with Crippen molar-refractivity contribution in [3.8, 4) is 5.88 Å². The molecule has 0 amide bonds. The number of hydrogen-bond acceptors (Lipinski definition) is 7. The Balaban J connectivity index is 1.72. The Bertz CT molecular complexity index is 1310. The second-order valence-electron chi connectivity index (χ2n) is 10.2. The van der Waals surface area contributed by atoms with Crippen molar-refractivity contribution in [3.63, 3.8) is 0 Å². The van der Waals surface area contributed by atoms with Gasteiger partial charge in [0.15, 0.2) is 0 Å². The maximum atomic E-state index is 13.4. The second-order valence-corrected chi connectivity index (χ2v) is 11.7. The number of anilines is 2. The third-order valence-corrected chi connectivity index (χ3v) is 8.50. The van der Waals surface area contributed by atoms with Crippen LogP contribution in [0.15, 0.2) is 53.6 Å². The number of rotatable bonds is 7. The molecule has 198 valence electrons. The summed E-state index contributed by atoms with van der Waals surface area (Å²) >= 11 is 0. The zero-order valence-corrected chi connectivity index (χ0v) is 23.1. The van der Waals surface area contributed by atoms with Crippen molar-refractivity contribution in [2.75, 3.05) is 30.4 Å². The van der Waals surface area contributed by atoms with E-state index in [0.29, 0.717) is 42.7 Å². The molecule has 2 aromatic carbocycles. The van der Waals surface area contributed by atoms with Gasteiger partial charge in [-0.05, 0) is 80.6 Å². The average Bonchev–Trinajstić information content (AvgIpc) is 3.01. The van der Waals surface area contributed by atoms with Crippen LogP contribution in [0.2, 0.25) is 0 Å². The van der Waals surface area contributed by atoms with Gasteiger partial charge in [-0.15, -0.1) is 0 Å². The molecule has 2 heterocycles. The van der Waals surface area contributed by atoms with Gasteiger partial charge in [0.1, 0.15) is 22.5 Å². The Morgan fingerprint density at radius 2 is 1.97 bits per heavy atom. The van der Waals surface area contributed by atoms with Gasteiger partial charge in [-0.25, -0.2) is 19.3 Å². The van der Waals surface area contributed by atoms with Crippen molar-refractivity contribution in [1.29, 1.82) is 0 Å². The number of fused-ring (bicyclic) bond motifs is 1. The van der Waals surface area contributed by atoms with E-state index >= 15 is 0 Å². The predicted octanol–water partition coefficient (Wildman–Crippen LogP) is 3.77. The van der Waals surface area contributed by atoms with Crippen molar-refractivity contribution in [2.24, 2.45) is 11.6 Å². The Labute approximate surface area is 222 Å². The normalized spacial score (nSPS) is 17.0. The molecule has 0 fully saturated rings. The van der Waals surface area contributed by atoms with Gasteiger partial charge < -0.3 is 21.2 Å². The molecule has 9 heteroatoms. The van der Waals surface area contributed by atoms with Crippen LogP contribution in [-0.4, -0.2) is 38.7 Å². The maximum absolute atomic E-state index is 13.4. The first-order valence-electron chi connectivity index (χ1n) is 12.6. The van der Waals surface area contributed by atoms with Crippen LogP contribution in [0.5, 0.6) is 5.88 Å². The lowest BCUT2D eigenvalue weighted by Gasteiger charge is -2.34. The minimum Gasteiger partial charge on any atom is -0.475 e. The Hall–Kier alpha value is -2.98. The molecule has 6 N–H and O–H groups in total. The highest BCUT2D eigenvalue weighted by molar-refractivity contribution is 7.82. The molecular weight excluding hydrogens is 484 g/mol. The number of aryl methyl sites for hydroxylation is 1. The van der Waals surface area contributed by atoms with Crippen LogP contribution in [0, 0.1) is 13.8 Å². The van der Waals surface area contributed by atoms with Gasteiger partial charge in [0, 0.05) is 37.3 Å². The third-order valence-electron chi connectivity index (χ3n) is 7.03. The molecule has 0 spiro atoms. The molecule has 0 aliphatic carbocycles. The maximum Gasteiger partial charge on any atom is 0.231 e. The molecule has 0 saturated heterocycles. The van der Waals surface area contributed by atoms with Crippen LogP contribution in [0.1, 0.15) is 54.5 Å². The minimum absolute atomic E-state index is 0.112. The molecule has 1 aliphatic heterocycles. The number of benzene rings is 2. The lowest BCUT2D eigenvalue weighted by Crippen LogP contribution is -2.40. The molecule has 3 aromatic rings. The van der Waals surface area contributed by atoms with Crippen molar-refractivity contribution in [2.45, 2.75) is 57.5 Å². The van der Waals surface area contributed by atoms with Crippen LogP contribution in [0.25, 0.3) is 0 Å². The van der Waals surface area contributed by atoms with E-state index < -0.39 is 16.5 Å². The Kier molecular flexibility index (Phi) is 7.89. The largest absolute Gasteiger partial charge is 0.475 e. The molecule has 2 atom stereocenters. The molecule has 37 heavy (non-hydrogen) atoms. The van der Waals surface area contributed by atoms with E-state index in [1.165, 1.54) is 0 Å². The fourth-order valence-electron chi connectivity index (χ4n) is 4.93. The zero-order valence-electron chi connectivity index (χ0n) is 22.3. The highest BCUT2D eigenvalue weighted by atomic mass is 32.2. The van der Waals surface area contributed by atoms with Crippen molar-refractivity contribution < 1.29 is 8.95 Å². The lowest BCUT2D eigenvalue weighted by molar-refractivity contribution is 0.272. The highest BCUT2D eigenvalue weighted by Gasteiger charge is 2.32. The Morgan fingerprint density at radius 1 is 1.22 bits per heavy atom. The summed E-state index contributed by atoms with van der Waals surface area (Å²) in [7, 11) is -1.38. The molecule has 1 aromatic heterocycles. The number of nitrogen functional groups attached to an aromatic ring is 1. The van der Waals surface area contributed by atoms with Crippen LogP contribution in [-0.2, 0) is 17.5 Å². The average molecular weight is 523 g/mol. The van der Waals surface area contributed by atoms with Gasteiger partial charge in [-0.3, -0.25) is 0 Å². The van der Waals surface area contributed by atoms with E-state index in [-0.39, 0.29) is 5.92 Å². The number of hydrazine groups is 1. The molecule has 2 unspecified atom stereocenters. The quantitative estimate of drug-likeness (QED) is 0.245. The number of ether oxygens (including phenoxy) is 1. The van der Waals surface area contributed by atoms with Crippen LogP contribution in [0.3, 0.4) is 0 Å². The number of hydrogen-bond donors (Lipinski definition) is 3. The zero-order chi connectivity index (χ0) is 26.9. The van der Waals surface area contributed by atoms with Gasteiger partial charge >= 0.3 is 0 Å². The topological polar surface area (TPSA) is 124 Å². The van der Waals surface area contributed by atoms with E-state index in [0.717, 1.165) is 33.5 Å². The van der Waals surface area contributed by atoms with E-state index in [2.05, 4.69) is 36.2 Å². The summed E-state index contributed by atoms with van der Waals surface area (Å²) in [5.41, 5.74) is 19.6. The van der Waals surface area contributed by atoms with Gasteiger partial charge in [-0.2, -0.15) is 0 Å². The summed E-state index contributed by atoms with van der Waals surface area (Å²) in [6, 6.07) is 14.1. The molecular formula is C28H38N6O2S. The van der Waals surface area contributed by atoms with E-state index in [1.807, 2.05) is 44.1 Å². The van der Waals surface area contributed by atoms with Gasteiger partial charge in [0.05, 0.1) is 11.4 Å². The monoisotopic (exact) mass is 522 g/mol. The predicted molar refractivity (Wildman–Crippen MR) is 151 cm³/mol. The van der Waals surface area contributed by atoms with Gasteiger partial charge in [-0.1, -0.05) is 24.3 Å². The van der Waals surface area contributed by atoms with Crippen LogP contribution in [0.4, 0.5) is 11.4 Å². The van der Waals surface area contributed by atoms with Crippen LogP contribution >= 0.6 is 0 Å². The smallest absolute Gasteiger partial charge is 0.231 e. The molecule has 0 bridgehead atoms. The summed E-state index contributed by atoms with van der Waals surface area (Å²) in [5, 5.41) is 1.65. The van der Waals surface area contributed by atoms with E-state index in [9.17, 15) is 4.21 Å². The molecule has 0 radical (unpaired) electrons. The summed E-state index contributed by atoms with van der Waals surface area (Å²) in [5.74, 6) is 6.48. The van der Waals surface area contributed by atoms with Crippen LogP contribution < -0.4 is 27.1 Å². The standard InChI is InChI=1S/C28H38N6O2S/c1-6-34(31)23-12-11-22(19(3)26(23)29)25(28(4,5)30)20-10-9-18(2)21(16-20)17-33-14-15-36-27-24(37(33)35)8-7-13-32-27/h7-13,16,25H,6,14-15,17,29-31H2,1-5H3. The van der Waals surface area contributed by atoms with E-state index in [1.54, 1.807) is 17.3 Å². The first-order valence-corrected chi connectivity index (χ1v) is 13.7. The third kappa shape index (κ3) is 5.50. The SMILES string of the molecule is CCN(N)c1ccc(C(c2ccc(C)c(CN3CCOc4ncccc4S3=O)c2)C(C)(C)N)c(C)c1N. The Morgan fingerprint density at radius 3 is 2.68 bits per heavy atom. The van der Waals surface area contributed by atoms with Crippen molar-refractivity contribution in [3.05, 3.63) is 76.5 Å². The van der Waals surface area contributed by atoms with E-state index in [4.69, 9.17) is 22.0 Å². The fraction of sp³-hybridized carbons (Fsp3) is 0.393. The number of pyridine rings is 1. The fourth-order valence-corrected chi connectivity index (χ4v) is 6.16. The molecule has 4 rings (SSSR count). The lowest BCUT2D eigenvalue weighted by atomic mass is 9.75. The number of nitrogens with zero attached hydrogens (tertiary/aromatic N) is 3. The minimum atomic E-state index is -1.38. The number of aromatic nitrogens is 1. The summed E-state index contributed by atoms with van der Waals surface area (Å²) in [6.45, 7) is 12.3. The molecule has 8 nitrogen and oxygen atoms in total. The highest BCUT2D eigenvalue weighted by Crippen LogP contribution is 2.40. The number of nitrogens with two attached hydrogens (primary N) is 3. The second kappa shape index (κ2) is 10.8. The van der Waals surface area contributed by atoms with Gasteiger partial charge in [0.2, 0.25) is 5.88 Å².